The maximum Gasteiger partial charge on any atom is 0.119 e. The van der Waals surface area contributed by atoms with Gasteiger partial charge in [0.25, 0.3) is 0 Å². The second-order valence-electron chi connectivity index (χ2n) is 6.77. The lowest BCUT2D eigenvalue weighted by Gasteiger charge is -2.26. The first-order chi connectivity index (χ1) is 7.08. The van der Waals surface area contributed by atoms with Gasteiger partial charge >= 0.3 is 0 Å². The van der Waals surface area contributed by atoms with Crippen LogP contribution in [-0.4, -0.2) is 55.8 Å². The van der Waals surface area contributed by atoms with Crippen molar-refractivity contribution in [1.29, 1.82) is 0 Å². The van der Waals surface area contributed by atoms with Crippen LogP contribution in [0.1, 0.15) is 11.4 Å². The molecule has 0 aliphatic carbocycles. The Bertz CT molecular complexity index is 317. The van der Waals surface area contributed by atoms with E-state index in [1.807, 2.05) is 0 Å². The van der Waals surface area contributed by atoms with Crippen LogP contribution in [0.5, 0.6) is 0 Å². The van der Waals surface area contributed by atoms with Crippen LogP contribution < -0.4 is 0 Å². The molecular formula is C13H27N3+2. The van der Waals surface area contributed by atoms with Gasteiger partial charge in [0, 0.05) is 7.05 Å². The third-order valence-electron chi connectivity index (χ3n) is 2.60. The SMILES string of the molecule is Cn1c(C[N+](C)(C)C)ccc1C[N+](C)(C)C. The lowest BCUT2D eigenvalue weighted by molar-refractivity contribution is -0.885. The predicted octanol–water partition coefficient (Wildman–Crippen LogP) is 1.44. The summed E-state index contributed by atoms with van der Waals surface area (Å²) in [6.45, 7) is 2.15. The Hall–Kier alpha value is -0.800. The monoisotopic (exact) mass is 225 g/mol. The summed E-state index contributed by atoms with van der Waals surface area (Å²) in [5, 5.41) is 0. The van der Waals surface area contributed by atoms with E-state index in [4.69, 9.17) is 0 Å². The lowest BCUT2D eigenvalue weighted by atomic mass is 10.3. The summed E-state index contributed by atoms with van der Waals surface area (Å²) in [5.74, 6) is 0. The van der Waals surface area contributed by atoms with E-state index < -0.39 is 0 Å². The zero-order chi connectivity index (χ0) is 12.6. The molecule has 3 nitrogen and oxygen atoms in total. The highest BCUT2D eigenvalue weighted by Crippen LogP contribution is 2.14. The lowest BCUT2D eigenvalue weighted by Crippen LogP contribution is -2.35. The van der Waals surface area contributed by atoms with Crippen LogP contribution in [0.4, 0.5) is 0 Å². The number of nitrogens with zero attached hydrogens (tertiary/aromatic N) is 3. The molecule has 0 saturated heterocycles. The van der Waals surface area contributed by atoms with Gasteiger partial charge in [0.1, 0.15) is 13.1 Å². The van der Waals surface area contributed by atoms with Crippen molar-refractivity contribution in [3.05, 3.63) is 23.5 Å². The van der Waals surface area contributed by atoms with Crippen molar-refractivity contribution >= 4 is 0 Å². The first-order valence-corrected chi connectivity index (χ1v) is 5.83. The quantitative estimate of drug-likeness (QED) is 0.683. The summed E-state index contributed by atoms with van der Waals surface area (Å²) in [6.07, 6.45) is 0. The van der Waals surface area contributed by atoms with E-state index in [1.54, 1.807) is 0 Å². The molecule has 1 heterocycles. The Labute approximate surface area is 100 Å². The first kappa shape index (κ1) is 13.3. The molecule has 16 heavy (non-hydrogen) atoms. The van der Waals surface area contributed by atoms with Crippen LogP contribution in [0.3, 0.4) is 0 Å². The normalized spacial score (nSPS) is 13.2. The van der Waals surface area contributed by atoms with Gasteiger partial charge in [-0.15, -0.1) is 0 Å². The molecule has 0 atom stereocenters. The number of rotatable bonds is 4. The molecule has 1 aromatic heterocycles. The van der Waals surface area contributed by atoms with Crippen molar-refractivity contribution in [3.8, 4) is 0 Å². The highest BCUT2D eigenvalue weighted by molar-refractivity contribution is 5.14. The Balaban J connectivity index is 2.85. The summed E-state index contributed by atoms with van der Waals surface area (Å²) in [4.78, 5) is 0. The molecule has 0 aliphatic rings. The zero-order valence-corrected chi connectivity index (χ0v) is 11.9. The molecule has 0 bridgehead atoms. The molecule has 0 amide bonds. The number of hydrogen-bond donors (Lipinski definition) is 0. The van der Waals surface area contributed by atoms with Gasteiger partial charge in [-0.05, 0) is 12.1 Å². The van der Waals surface area contributed by atoms with Gasteiger partial charge in [0.15, 0.2) is 0 Å². The average molecular weight is 225 g/mol. The van der Waals surface area contributed by atoms with Gasteiger partial charge in [0.05, 0.1) is 53.7 Å². The van der Waals surface area contributed by atoms with E-state index in [2.05, 4.69) is 66.0 Å². The second-order valence-corrected chi connectivity index (χ2v) is 6.77. The van der Waals surface area contributed by atoms with E-state index in [0.717, 1.165) is 22.1 Å². The van der Waals surface area contributed by atoms with Crippen LogP contribution >= 0.6 is 0 Å². The van der Waals surface area contributed by atoms with E-state index in [9.17, 15) is 0 Å². The van der Waals surface area contributed by atoms with Gasteiger partial charge < -0.3 is 13.5 Å². The van der Waals surface area contributed by atoms with Gasteiger partial charge in [-0.1, -0.05) is 0 Å². The Kier molecular flexibility index (Phi) is 3.50. The van der Waals surface area contributed by atoms with Crippen LogP contribution in [0.25, 0.3) is 0 Å². The predicted molar refractivity (Wildman–Crippen MR) is 68.9 cm³/mol. The maximum atomic E-state index is 2.34. The smallest absolute Gasteiger partial charge is 0.119 e. The average Bonchev–Trinajstić information content (AvgIpc) is 2.30. The third-order valence-corrected chi connectivity index (χ3v) is 2.60. The van der Waals surface area contributed by atoms with Gasteiger partial charge in [-0.3, -0.25) is 0 Å². The van der Waals surface area contributed by atoms with Gasteiger partial charge in [0.2, 0.25) is 0 Å². The zero-order valence-electron chi connectivity index (χ0n) is 11.9. The molecule has 3 heteroatoms. The first-order valence-electron chi connectivity index (χ1n) is 5.83. The Morgan fingerprint density at radius 3 is 1.38 bits per heavy atom. The van der Waals surface area contributed by atoms with Crippen LogP contribution in [0, 0.1) is 0 Å². The summed E-state index contributed by atoms with van der Waals surface area (Å²) in [6, 6.07) is 4.52. The van der Waals surface area contributed by atoms with Crippen molar-refractivity contribution < 1.29 is 8.97 Å². The van der Waals surface area contributed by atoms with Crippen molar-refractivity contribution in [2.24, 2.45) is 7.05 Å². The minimum Gasteiger partial charge on any atom is -0.342 e. The molecule has 0 N–H and O–H groups in total. The molecule has 0 spiro atoms. The molecule has 0 saturated carbocycles. The molecule has 0 aromatic carbocycles. The van der Waals surface area contributed by atoms with E-state index in [-0.39, 0.29) is 0 Å². The van der Waals surface area contributed by atoms with Crippen LogP contribution in [-0.2, 0) is 20.1 Å². The molecule has 1 aromatic rings. The molecule has 0 radical (unpaired) electrons. The van der Waals surface area contributed by atoms with E-state index in [1.165, 1.54) is 11.4 Å². The van der Waals surface area contributed by atoms with E-state index in [0.29, 0.717) is 0 Å². The minimum absolute atomic E-state index is 0.974. The maximum absolute atomic E-state index is 2.34. The fourth-order valence-electron chi connectivity index (χ4n) is 1.89. The van der Waals surface area contributed by atoms with Crippen molar-refractivity contribution in [3.63, 3.8) is 0 Å². The largest absolute Gasteiger partial charge is 0.342 e. The molecule has 0 fully saturated rings. The van der Waals surface area contributed by atoms with Crippen LogP contribution in [0.2, 0.25) is 0 Å². The van der Waals surface area contributed by atoms with Gasteiger partial charge in [-0.25, -0.2) is 0 Å². The summed E-state index contributed by atoms with van der Waals surface area (Å²) in [5.41, 5.74) is 2.83. The summed E-state index contributed by atoms with van der Waals surface area (Å²) < 4.78 is 4.29. The number of hydrogen-bond acceptors (Lipinski definition) is 0. The van der Waals surface area contributed by atoms with Crippen molar-refractivity contribution in [2.75, 3.05) is 42.3 Å². The highest BCUT2D eigenvalue weighted by Gasteiger charge is 2.16. The summed E-state index contributed by atoms with van der Waals surface area (Å²) >= 11 is 0. The molecular weight excluding hydrogens is 198 g/mol. The minimum atomic E-state index is 0.974. The van der Waals surface area contributed by atoms with Gasteiger partial charge in [-0.2, -0.15) is 0 Å². The summed E-state index contributed by atoms with van der Waals surface area (Å²) in [7, 11) is 15.5. The molecule has 1 rings (SSSR count). The third kappa shape index (κ3) is 3.99. The Morgan fingerprint density at radius 2 is 1.12 bits per heavy atom. The molecule has 0 unspecified atom stereocenters. The fraction of sp³-hybridized carbons (Fsp3) is 0.692. The Morgan fingerprint density at radius 1 is 0.812 bits per heavy atom. The fourth-order valence-corrected chi connectivity index (χ4v) is 1.89. The van der Waals surface area contributed by atoms with Crippen molar-refractivity contribution in [1.82, 2.24) is 4.57 Å². The highest BCUT2D eigenvalue weighted by atomic mass is 15.3. The number of aromatic nitrogens is 1. The standard InChI is InChI=1S/C13H27N3/c1-14-12(10-15(2,3)4)8-9-13(14)11-16(5,6)7/h8-9H,10-11H2,1-7H3/q+2. The second kappa shape index (κ2) is 4.22. The molecule has 0 aliphatic heterocycles. The van der Waals surface area contributed by atoms with E-state index >= 15 is 0 Å². The topological polar surface area (TPSA) is 4.93 Å². The molecule has 92 valence electrons. The van der Waals surface area contributed by atoms with Crippen LogP contribution in [0.15, 0.2) is 12.1 Å². The number of quaternary nitrogens is 2. The van der Waals surface area contributed by atoms with Crippen molar-refractivity contribution in [2.45, 2.75) is 13.1 Å².